The summed E-state index contributed by atoms with van der Waals surface area (Å²) in [6.45, 7) is 1.59. The van der Waals surface area contributed by atoms with Gasteiger partial charge in [-0.2, -0.15) is 5.10 Å². The highest BCUT2D eigenvalue weighted by molar-refractivity contribution is 6.30. The number of benzene rings is 2. The molecule has 0 aliphatic rings. The number of aliphatic hydroxyl groups is 1. The molecule has 3 heterocycles. The molecule has 0 radical (unpaired) electrons. The van der Waals surface area contributed by atoms with E-state index in [1.54, 1.807) is 12.4 Å². The van der Waals surface area contributed by atoms with Crippen LogP contribution in [0.5, 0.6) is 0 Å². The van der Waals surface area contributed by atoms with Crippen LogP contribution in [0.3, 0.4) is 0 Å². The van der Waals surface area contributed by atoms with Crippen LogP contribution in [0.1, 0.15) is 17.3 Å². The van der Waals surface area contributed by atoms with Crippen molar-refractivity contribution >= 4 is 22.5 Å². The van der Waals surface area contributed by atoms with Crippen molar-refractivity contribution in [1.29, 1.82) is 0 Å². The minimum absolute atomic E-state index is 0.0609. The Morgan fingerprint density at radius 2 is 1.88 bits per heavy atom. The Bertz CT molecular complexity index is 1580. The van der Waals surface area contributed by atoms with Gasteiger partial charge in [-0.15, -0.1) is 0 Å². The van der Waals surface area contributed by atoms with E-state index in [4.69, 9.17) is 11.6 Å². The molecule has 0 bridgehead atoms. The third-order valence-electron chi connectivity index (χ3n) is 5.85. The fourth-order valence-electron chi connectivity index (χ4n) is 4.11. The van der Waals surface area contributed by atoms with Crippen LogP contribution in [-0.4, -0.2) is 31.5 Å². The van der Waals surface area contributed by atoms with Gasteiger partial charge in [-0.25, -0.2) is 4.39 Å². The summed E-state index contributed by atoms with van der Waals surface area (Å²) in [5.74, 6) is -0.555. The van der Waals surface area contributed by atoms with Crippen molar-refractivity contribution in [2.45, 2.75) is 13.0 Å². The lowest BCUT2D eigenvalue weighted by molar-refractivity contribution is 0.247. The number of hydrogen-bond donors (Lipinski definition) is 2. The SMILES string of the molecule is Cc1cc(-c2n[nH]c3ccc(-c4ccn(C(CO)c5ccc(F)c(Cl)c5)c(=O)c4)cc23)ccn1. The number of rotatable bonds is 5. The zero-order valence-electron chi connectivity index (χ0n) is 18.2. The number of nitrogens with zero attached hydrogens (tertiary/aromatic N) is 3. The van der Waals surface area contributed by atoms with Crippen LogP contribution in [0.2, 0.25) is 5.02 Å². The van der Waals surface area contributed by atoms with Gasteiger partial charge in [-0.05, 0) is 66.1 Å². The first kappa shape index (κ1) is 22.0. The molecule has 0 fully saturated rings. The molecule has 5 aromatic rings. The van der Waals surface area contributed by atoms with Crippen molar-refractivity contribution in [1.82, 2.24) is 19.7 Å². The highest BCUT2D eigenvalue weighted by Crippen LogP contribution is 2.30. The lowest BCUT2D eigenvalue weighted by atomic mass is 10.0. The van der Waals surface area contributed by atoms with Gasteiger partial charge in [0.15, 0.2) is 0 Å². The Labute approximate surface area is 199 Å². The van der Waals surface area contributed by atoms with Gasteiger partial charge in [0, 0.05) is 35.1 Å². The maximum absolute atomic E-state index is 13.6. The maximum atomic E-state index is 13.6. The summed E-state index contributed by atoms with van der Waals surface area (Å²) in [6.07, 6.45) is 3.38. The number of aliphatic hydroxyl groups excluding tert-OH is 1. The number of aromatic nitrogens is 4. The number of nitrogens with one attached hydrogen (secondary N) is 1. The van der Waals surface area contributed by atoms with Crippen molar-refractivity contribution < 1.29 is 9.50 Å². The summed E-state index contributed by atoms with van der Waals surface area (Å²) in [7, 11) is 0. The van der Waals surface area contributed by atoms with Crippen LogP contribution in [0.15, 0.2) is 77.9 Å². The van der Waals surface area contributed by atoms with Gasteiger partial charge in [0.2, 0.25) is 0 Å². The van der Waals surface area contributed by atoms with Crippen LogP contribution < -0.4 is 5.56 Å². The number of pyridine rings is 2. The Morgan fingerprint density at radius 3 is 2.62 bits per heavy atom. The van der Waals surface area contributed by atoms with Crippen LogP contribution >= 0.6 is 11.6 Å². The van der Waals surface area contributed by atoms with Gasteiger partial charge < -0.3 is 9.67 Å². The van der Waals surface area contributed by atoms with Gasteiger partial charge in [0.25, 0.3) is 5.56 Å². The zero-order valence-corrected chi connectivity index (χ0v) is 18.9. The summed E-state index contributed by atoms with van der Waals surface area (Å²) in [5, 5.41) is 18.3. The fourth-order valence-corrected chi connectivity index (χ4v) is 4.30. The molecule has 0 saturated heterocycles. The molecule has 0 spiro atoms. The molecular weight excluding hydrogens is 455 g/mol. The molecule has 170 valence electrons. The van der Waals surface area contributed by atoms with E-state index < -0.39 is 11.9 Å². The first-order valence-electron chi connectivity index (χ1n) is 10.6. The normalized spacial score (nSPS) is 12.2. The standard InChI is InChI=1S/C26H20ClFN4O2/c1-15-10-19(6-8-29-15)26-20-11-16(3-5-23(20)30-31-26)17-7-9-32(25(34)13-17)24(14-33)18-2-4-22(28)21(27)12-18/h2-13,24,33H,14H2,1H3,(H,30,31). The van der Waals surface area contributed by atoms with E-state index in [1.807, 2.05) is 43.3 Å². The molecule has 3 aromatic heterocycles. The van der Waals surface area contributed by atoms with Crippen molar-refractivity contribution in [3.05, 3.63) is 106 Å². The van der Waals surface area contributed by atoms with Gasteiger partial charge in [-0.3, -0.25) is 14.9 Å². The van der Waals surface area contributed by atoms with Crippen LogP contribution in [0.25, 0.3) is 33.3 Å². The molecule has 0 amide bonds. The van der Waals surface area contributed by atoms with E-state index in [0.717, 1.165) is 39.0 Å². The van der Waals surface area contributed by atoms with E-state index in [0.29, 0.717) is 5.56 Å². The van der Waals surface area contributed by atoms with E-state index in [1.165, 1.54) is 28.8 Å². The average Bonchev–Trinajstić information content (AvgIpc) is 3.26. The predicted molar refractivity (Wildman–Crippen MR) is 130 cm³/mol. The number of hydrogen-bond acceptors (Lipinski definition) is 4. The Kier molecular flexibility index (Phi) is 5.73. The minimum Gasteiger partial charge on any atom is -0.394 e. The quantitative estimate of drug-likeness (QED) is 0.369. The van der Waals surface area contributed by atoms with Crippen LogP contribution in [0, 0.1) is 12.7 Å². The van der Waals surface area contributed by atoms with E-state index in [9.17, 15) is 14.3 Å². The molecule has 5 rings (SSSR count). The summed E-state index contributed by atoms with van der Waals surface area (Å²) in [5.41, 5.74) is 5.38. The number of aromatic amines is 1. The monoisotopic (exact) mass is 474 g/mol. The minimum atomic E-state index is -0.683. The maximum Gasteiger partial charge on any atom is 0.251 e. The zero-order chi connectivity index (χ0) is 23.8. The smallest absolute Gasteiger partial charge is 0.251 e. The van der Waals surface area contributed by atoms with Crippen molar-refractivity contribution in [3.63, 3.8) is 0 Å². The summed E-state index contributed by atoms with van der Waals surface area (Å²) >= 11 is 5.90. The molecule has 0 saturated carbocycles. The van der Waals surface area contributed by atoms with E-state index in [-0.39, 0.29) is 17.2 Å². The molecule has 6 nitrogen and oxygen atoms in total. The Balaban J connectivity index is 1.54. The number of aryl methyl sites for hydroxylation is 1. The van der Waals surface area contributed by atoms with Gasteiger partial charge in [0.05, 0.1) is 23.2 Å². The van der Waals surface area contributed by atoms with E-state index >= 15 is 0 Å². The van der Waals surface area contributed by atoms with Crippen molar-refractivity contribution in [2.75, 3.05) is 6.61 Å². The summed E-state index contributed by atoms with van der Waals surface area (Å²) < 4.78 is 15.0. The summed E-state index contributed by atoms with van der Waals surface area (Å²) in [4.78, 5) is 17.2. The molecule has 1 unspecified atom stereocenters. The largest absolute Gasteiger partial charge is 0.394 e. The number of halogens is 2. The molecule has 0 aliphatic carbocycles. The van der Waals surface area contributed by atoms with Gasteiger partial charge >= 0.3 is 0 Å². The molecule has 8 heteroatoms. The second kappa shape index (κ2) is 8.85. The number of fused-ring (bicyclic) bond motifs is 1. The fraction of sp³-hybridized carbons (Fsp3) is 0.115. The number of H-pyrrole nitrogens is 1. The van der Waals surface area contributed by atoms with Crippen molar-refractivity contribution in [3.8, 4) is 22.4 Å². The molecular formula is C26H20ClFN4O2. The lowest BCUT2D eigenvalue weighted by Gasteiger charge is -2.19. The molecule has 2 aromatic carbocycles. The van der Waals surface area contributed by atoms with Crippen LogP contribution in [0.4, 0.5) is 4.39 Å². The molecule has 2 N–H and O–H groups in total. The van der Waals surface area contributed by atoms with Crippen molar-refractivity contribution in [2.24, 2.45) is 0 Å². The Hall–Kier alpha value is -3.81. The Morgan fingerprint density at radius 1 is 1.06 bits per heavy atom. The average molecular weight is 475 g/mol. The highest BCUT2D eigenvalue weighted by Gasteiger charge is 2.17. The molecule has 34 heavy (non-hydrogen) atoms. The van der Waals surface area contributed by atoms with Crippen LogP contribution in [-0.2, 0) is 0 Å². The highest BCUT2D eigenvalue weighted by atomic mass is 35.5. The first-order valence-corrected chi connectivity index (χ1v) is 11.0. The lowest BCUT2D eigenvalue weighted by Crippen LogP contribution is -2.26. The molecule has 1 atom stereocenters. The van der Waals surface area contributed by atoms with Gasteiger partial charge in [0.1, 0.15) is 11.5 Å². The predicted octanol–water partition coefficient (Wildman–Crippen LogP) is 5.14. The third-order valence-corrected chi connectivity index (χ3v) is 6.14. The summed E-state index contributed by atoms with van der Waals surface area (Å²) in [6, 6.07) is 16.5. The third kappa shape index (κ3) is 4.00. The first-order chi connectivity index (χ1) is 16.4. The topological polar surface area (TPSA) is 83.8 Å². The van der Waals surface area contributed by atoms with Gasteiger partial charge in [-0.1, -0.05) is 23.7 Å². The van der Waals surface area contributed by atoms with E-state index in [2.05, 4.69) is 15.2 Å². The molecule has 0 aliphatic heterocycles. The second-order valence-electron chi connectivity index (χ2n) is 8.05. The second-order valence-corrected chi connectivity index (χ2v) is 8.46.